The molecule has 0 N–H and O–H groups in total. The smallest absolute Gasteiger partial charge is 0.414 e. The van der Waals surface area contributed by atoms with Gasteiger partial charge in [0.05, 0.1) is 13.7 Å². The first-order valence-corrected chi connectivity index (χ1v) is 6.02. The molecule has 0 aliphatic rings. The first kappa shape index (κ1) is 13.1. The highest BCUT2D eigenvalue weighted by atomic mass is 16.5. The highest BCUT2D eigenvalue weighted by Crippen LogP contribution is 2.19. The van der Waals surface area contributed by atoms with Gasteiger partial charge in [0.1, 0.15) is 0 Å². The van der Waals surface area contributed by atoms with Gasteiger partial charge in [-0.3, -0.25) is 9.88 Å². The van der Waals surface area contributed by atoms with Crippen molar-refractivity contribution < 1.29 is 9.53 Å². The maximum Gasteiger partial charge on any atom is 0.414 e. The number of aryl methyl sites for hydroxylation is 1. The molecule has 98 valence electrons. The summed E-state index contributed by atoms with van der Waals surface area (Å²) in [7, 11) is 1.38. The molecule has 1 amide bonds. The van der Waals surface area contributed by atoms with Crippen molar-refractivity contribution in [2.24, 2.45) is 0 Å². The van der Waals surface area contributed by atoms with E-state index in [1.165, 1.54) is 7.11 Å². The van der Waals surface area contributed by atoms with Crippen molar-refractivity contribution in [3.05, 3.63) is 59.9 Å². The molecule has 0 atom stereocenters. The molecule has 4 nitrogen and oxygen atoms in total. The van der Waals surface area contributed by atoms with Gasteiger partial charge >= 0.3 is 6.09 Å². The quantitative estimate of drug-likeness (QED) is 0.847. The fourth-order valence-electron chi connectivity index (χ4n) is 1.84. The third-order valence-corrected chi connectivity index (χ3v) is 2.77. The van der Waals surface area contributed by atoms with Gasteiger partial charge in [-0.25, -0.2) is 4.79 Å². The van der Waals surface area contributed by atoms with E-state index in [4.69, 9.17) is 4.74 Å². The lowest BCUT2D eigenvalue weighted by Crippen LogP contribution is -2.30. The van der Waals surface area contributed by atoms with Gasteiger partial charge in [0, 0.05) is 18.1 Å². The normalized spacial score (nSPS) is 10.0. The predicted octanol–water partition coefficient (Wildman–Crippen LogP) is 3.16. The standard InChI is InChI=1S/C15H16N2O2/c1-12-5-3-7-14(9-12)17(15(18)19-2)11-13-6-4-8-16-10-13/h3-10H,11H2,1-2H3. The lowest BCUT2D eigenvalue weighted by atomic mass is 10.2. The summed E-state index contributed by atoms with van der Waals surface area (Å²) in [5.74, 6) is 0. The number of hydrogen-bond acceptors (Lipinski definition) is 3. The molecule has 0 spiro atoms. The van der Waals surface area contributed by atoms with E-state index in [1.54, 1.807) is 17.3 Å². The fourth-order valence-corrected chi connectivity index (χ4v) is 1.84. The number of carbonyl (C=O) groups is 1. The molecule has 1 aromatic carbocycles. The van der Waals surface area contributed by atoms with Crippen LogP contribution in [0.1, 0.15) is 11.1 Å². The zero-order chi connectivity index (χ0) is 13.7. The van der Waals surface area contributed by atoms with Crippen LogP contribution in [-0.4, -0.2) is 18.2 Å². The van der Waals surface area contributed by atoms with E-state index < -0.39 is 0 Å². The number of methoxy groups -OCH3 is 1. The predicted molar refractivity (Wildman–Crippen MR) is 74.0 cm³/mol. The molecule has 4 heteroatoms. The van der Waals surface area contributed by atoms with Crippen LogP contribution < -0.4 is 4.90 Å². The van der Waals surface area contributed by atoms with Crippen LogP contribution in [0.5, 0.6) is 0 Å². The molecule has 0 unspecified atom stereocenters. The molecule has 2 aromatic rings. The molecule has 1 heterocycles. The molecular formula is C15H16N2O2. The Morgan fingerprint density at radius 1 is 1.32 bits per heavy atom. The second-order valence-electron chi connectivity index (χ2n) is 4.26. The topological polar surface area (TPSA) is 42.4 Å². The van der Waals surface area contributed by atoms with Crippen molar-refractivity contribution >= 4 is 11.8 Å². The maximum absolute atomic E-state index is 11.9. The summed E-state index contributed by atoms with van der Waals surface area (Å²) in [5, 5.41) is 0. The molecule has 0 aliphatic heterocycles. The van der Waals surface area contributed by atoms with E-state index >= 15 is 0 Å². The lowest BCUT2D eigenvalue weighted by Gasteiger charge is -2.21. The van der Waals surface area contributed by atoms with Crippen LogP contribution in [0.15, 0.2) is 48.8 Å². The minimum atomic E-state index is -0.380. The number of ether oxygens (including phenoxy) is 1. The summed E-state index contributed by atoms with van der Waals surface area (Å²) in [6, 6.07) is 11.5. The van der Waals surface area contributed by atoms with Crippen molar-refractivity contribution in [2.75, 3.05) is 12.0 Å². The highest BCUT2D eigenvalue weighted by molar-refractivity contribution is 5.87. The van der Waals surface area contributed by atoms with Crippen LogP contribution in [0, 0.1) is 6.92 Å². The van der Waals surface area contributed by atoms with Crippen molar-refractivity contribution in [1.29, 1.82) is 0 Å². The largest absolute Gasteiger partial charge is 0.452 e. The van der Waals surface area contributed by atoms with Crippen LogP contribution in [0.3, 0.4) is 0 Å². The molecule has 19 heavy (non-hydrogen) atoms. The third-order valence-electron chi connectivity index (χ3n) is 2.77. The number of rotatable bonds is 3. The molecule has 0 radical (unpaired) electrons. The number of amides is 1. The van der Waals surface area contributed by atoms with Crippen molar-refractivity contribution in [1.82, 2.24) is 4.98 Å². The number of nitrogens with zero attached hydrogens (tertiary/aromatic N) is 2. The number of aromatic nitrogens is 1. The van der Waals surface area contributed by atoms with E-state index in [2.05, 4.69) is 4.98 Å². The Morgan fingerprint density at radius 3 is 2.79 bits per heavy atom. The van der Waals surface area contributed by atoms with Gasteiger partial charge in [0.25, 0.3) is 0 Å². The Kier molecular flexibility index (Phi) is 4.13. The minimum Gasteiger partial charge on any atom is -0.452 e. The Bertz CT molecular complexity index is 555. The number of carbonyl (C=O) groups excluding carboxylic acids is 1. The van der Waals surface area contributed by atoms with Gasteiger partial charge < -0.3 is 4.74 Å². The number of hydrogen-bond donors (Lipinski definition) is 0. The molecule has 1 aromatic heterocycles. The average molecular weight is 256 g/mol. The SMILES string of the molecule is COC(=O)N(Cc1cccnc1)c1cccc(C)c1. The van der Waals surface area contributed by atoms with Crippen LogP contribution in [0.2, 0.25) is 0 Å². The molecule has 0 bridgehead atoms. The van der Waals surface area contributed by atoms with Crippen molar-refractivity contribution in [2.45, 2.75) is 13.5 Å². The summed E-state index contributed by atoms with van der Waals surface area (Å²) < 4.78 is 4.85. The van der Waals surface area contributed by atoms with Crippen LogP contribution in [0.25, 0.3) is 0 Å². The summed E-state index contributed by atoms with van der Waals surface area (Å²) in [4.78, 5) is 17.6. The molecular weight excluding hydrogens is 240 g/mol. The zero-order valence-electron chi connectivity index (χ0n) is 11.0. The summed E-state index contributed by atoms with van der Waals surface area (Å²) >= 11 is 0. The minimum absolute atomic E-state index is 0.380. The number of anilines is 1. The molecule has 0 saturated heterocycles. The Morgan fingerprint density at radius 2 is 2.16 bits per heavy atom. The second-order valence-corrected chi connectivity index (χ2v) is 4.26. The monoisotopic (exact) mass is 256 g/mol. The van der Waals surface area contributed by atoms with Gasteiger partial charge in [-0.1, -0.05) is 18.2 Å². The highest BCUT2D eigenvalue weighted by Gasteiger charge is 2.16. The van der Waals surface area contributed by atoms with E-state index in [0.717, 1.165) is 16.8 Å². The van der Waals surface area contributed by atoms with E-state index in [1.807, 2.05) is 43.3 Å². The molecule has 0 aliphatic carbocycles. The van der Waals surface area contributed by atoms with Gasteiger partial charge in [-0.2, -0.15) is 0 Å². The van der Waals surface area contributed by atoms with Crippen molar-refractivity contribution in [3.63, 3.8) is 0 Å². The lowest BCUT2D eigenvalue weighted by molar-refractivity contribution is 0.178. The van der Waals surface area contributed by atoms with Crippen LogP contribution in [0.4, 0.5) is 10.5 Å². The van der Waals surface area contributed by atoms with Gasteiger partial charge in [0.2, 0.25) is 0 Å². The Hall–Kier alpha value is -2.36. The number of pyridine rings is 1. The maximum atomic E-state index is 11.9. The Balaban J connectivity index is 2.29. The van der Waals surface area contributed by atoms with Crippen LogP contribution in [-0.2, 0) is 11.3 Å². The second kappa shape index (κ2) is 6.00. The summed E-state index contributed by atoms with van der Waals surface area (Å²) in [5.41, 5.74) is 2.86. The van der Waals surface area contributed by atoms with Crippen LogP contribution >= 0.6 is 0 Å². The first-order valence-electron chi connectivity index (χ1n) is 6.02. The van der Waals surface area contributed by atoms with E-state index in [-0.39, 0.29) is 6.09 Å². The fraction of sp³-hybridized carbons (Fsp3) is 0.200. The number of benzene rings is 1. The average Bonchev–Trinajstić information content (AvgIpc) is 2.45. The molecule has 0 saturated carbocycles. The molecule has 0 fully saturated rings. The molecule has 2 rings (SSSR count). The zero-order valence-corrected chi connectivity index (χ0v) is 11.0. The van der Waals surface area contributed by atoms with Gasteiger partial charge in [0.15, 0.2) is 0 Å². The first-order chi connectivity index (χ1) is 9.20. The Labute approximate surface area is 112 Å². The van der Waals surface area contributed by atoms with Gasteiger partial charge in [-0.15, -0.1) is 0 Å². The van der Waals surface area contributed by atoms with Crippen molar-refractivity contribution in [3.8, 4) is 0 Å². The van der Waals surface area contributed by atoms with E-state index in [0.29, 0.717) is 6.54 Å². The summed E-state index contributed by atoms with van der Waals surface area (Å²) in [6.45, 7) is 2.42. The van der Waals surface area contributed by atoms with E-state index in [9.17, 15) is 4.79 Å². The van der Waals surface area contributed by atoms with Gasteiger partial charge in [-0.05, 0) is 36.2 Å². The summed E-state index contributed by atoms with van der Waals surface area (Å²) in [6.07, 6.45) is 3.07. The third kappa shape index (κ3) is 3.31.